The van der Waals surface area contributed by atoms with Crippen LogP contribution in [0.2, 0.25) is 0 Å². The van der Waals surface area contributed by atoms with Gasteiger partial charge in [0.2, 0.25) is 5.91 Å². The molecule has 1 fully saturated rings. The Morgan fingerprint density at radius 1 is 1.18 bits per heavy atom. The van der Waals surface area contributed by atoms with Gasteiger partial charge in [0.15, 0.2) is 0 Å². The second-order valence-corrected chi connectivity index (χ2v) is 8.21. The van der Waals surface area contributed by atoms with Crippen molar-refractivity contribution in [2.24, 2.45) is 0 Å². The molecule has 6 heteroatoms. The normalized spacial score (nSPS) is 16.7. The second kappa shape index (κ2) is 10.0. The number of benzene rings is 2. The van der Waals surface area contributed by atoms with Gasteiger partial charge in [0.1, 0.15) is 17.0 Å². The van der Waals surface area contributed by atoms with Crippen LogP contribution in [-0.4, -0.2) is 41.1 Å². The third-order valence-corrected chi connectivity index (χ3v) is 6.17. The molecule has 2 aromatic rings. The molecule has 0 unspecified atom stereocenters. The van der Waals surface area contributed by atoms with Crippen LogP contribution in [-0.2, 0) is 11.3 Å². The summed E-state index contributed by atoms with van der Waals surface area (Å²) in [6, 6.07) is 13.1. The molecular formula is C22H26F2N2OS. The van der Waals surface area contributed by atoms with Gasteiger partial charge in [-0.2, -0.15) is 0 Å². The van der Waals surface area contributed by atoms with Crippen molar-refractivity contribution in [3.8, 4) is 0 Å². The molecule has 1 aliphatic heterocycles. The van der Waals surface area contributed by atoms with Crippen molar-refractivity contribution in [2.75, 3.05) is 25.4 Å². The van der Waals surface area contributed by atoms with E-state index in [1.165, 1.54) is 18.2 Å². The summed E-state index contributed by atoms with van der Waals surface area (Å²) in [6.45, 7) is 4.20. The summed E-state index contributed by atoms with van der Waals surface area (Å²) in [4.78, 5) is 16.9. The smallest absolute Gasteiger partial charge is 0.237 e. The highest BCUT2D eigenvalue weighted by Gasteiger charge is 2.31. The maximum Gasteiger partial charge on any atom is 0.237 e. The summed E-state index contributed by atoms with van der Waals surface area (Å²) in [6.07, 6.45) is 1.97. The predicted octanol–water partition coefficient (Wildman–Crippen LogP) is 4.84. The predicted molar refractivity (Wildman–Crippen MR) is 110 cm³/mol. The van der Waals surface area contributed by atoms with Crippen molar-refractivity contribution in [2.45, 2.75) is 31.7 Å². The van der Waals surface area contributed by atoms with Crippen LogP contribution in [0.15, 0.2) is 48.5 Å². The zero-order valence-electron chi connectivity index (χ0n) is 16.1. The van der Waals surface area contributed by atoms with Crippen LogP contribution in [0.25, 0.3) is 0 Å². The number of hydrogen-bond donors (Lipinski definition) is 0. The molecule has 1 aliphatic rings. The van der Waals surface area contributed by atoms with Crippen LogP contribution in [0, 0.1) is 11.6 Å². The van der Waals surface area contributed by atoms with Crippen molar-refractivity contribution >= 4 is 17.7 Å². The van der Waals surface area contributed by atoms with Gasteiger partial charge in [-0.3, -0.25) is 9.69 Å². The first-order valence-electron chi connectivity index (χ1n) is 9.70. The Bertz CT molecular complexity index is 784. The molecule has 1 saturated heterocycles. The van der Waals surface area contributed by atoms with Crippen molar-refractivity contribution in [3.63, 3.8) is 0 Å². The molecule has 28 heavy (non-hydrogen) atoms. The lowest BCUT2D eigenvalue weighted by atomic mass is 10.1. The Kier molecular flexibility index (Phi) is 7.45. The van der Waals surface area contributed by atoms with Gasteiger partial charge in [0.25, 0.3) is 0 Å². The van der Waals surface area contributed by atoms with E-state index in [1.807, 2.05) is 15.9 Å². The fourth-order valence-corrected chi connectivity index (χ4v) is 4.65. The molecule has 0 radical (unpaired) electrons. The van der Waals surface area contributed by atoms with E-state index in [0.29, 0.717) is 18.7 Å². The van der Waals surface area contributed by atoms with Crippen molar-refractivity contribution in [3.05, 3.63) is 71.3 Å². The lowest BCUT2D eigenvalue weighted by Gasteiger charge is -2.28. The molecule has 0 bridgehead atoms. The van der Waals surface area contributed by atoms with Crippen LogP contribution >= 0.6 is 11.8 Å². The highest BCUT2D eigenvalue weighted by molar-refractivity contribution is 7.99. The summed E-state index contributed by atoms with van der Waals surface area (Å²) in [5.41, 5.74) is 1.55. The molecule has 0 spiro atoms. The zero-order valence-corrected chi connectivity index (χ0v) is 16.9. The molecule has 150 valence electrons. The van der Waals surface area contributed by atoms with Crippen LogP contribution < -0.4 is 0 Å². The minimum Gasteiger partial charge on any atom is -0.325 e. The van der Waals surface area contributed by atoms with Gasteiger partial charge in [0.05, 0.1) is 6.54 Å². The van der Waals surface area contributed by atoms with E-state index < -0.39 is 0 Å². The van der Waals surface area contributed by atoms with Crippen LogP contribution in [0.1, 0.15) is 36.3 Å². The lowest BCUT2D eigenvalue weighted by Crippen LogP contribution is -2.40. The van der Waals surface area contributed by atoms with E-state index >= 15 is 0 Å². The van der Waals surface area contributed by atoms with Gasteiger partial charge >= 0.3 is 0 Å². The lowest BCUT2D eigenvalue weighted by molar-refractivity contribution is -0.132. The largest absolute Gasteiger partial charge is 0.325 e. The van der Waals surface area contributed by atoms with Crippen LogP contribution in [0.4, 0.5) is 8.78 Å². The van der Waals surface area contributed by atoms with Gasteiger partial charge in [-0.25, -0.2) is 8.78 Å². The number of thioether (sulfide) groups is 1. The van der Waals surface area contributed by atoms with E-state index in [-0.39, 0.29) is 29.5 Å². The Hall–Kier alpha value is -1.92. The van der Waals surface area contributed by atoms with Crippen LogP contribution in [0.3, 0.4) is 0 Å². The van der Waals surface area contributed by atoms with E-state index in [1.54, 1.807) is 36.0 Å². The minimum absolute atomic E-state index is 0.0340. The molecule has 1 amide bonds. The molecule has 1 heterocycles. The second-order valence-electron chi connectivity index (χ2n) is 7.02. The summed E-state index contributed by atoms with van der Waals surface area (Å²) in [7, 11) is 0. The Labute approximate surface area is 169 Å². The maximum atomic E-state index is 14.1. The molecule has 0 aliphatic carbocycles. The average Bonchev–Trinajstić information content (AvgIpc) is 3.18. The fraction of sp³-hybridized carbons (Fsp3) is 0.409. The number of nitrogens with zero attached hydrogens (tertiary/aromatic N) is 2. The molecule has 1 atom stereocenters. The summed E-state index contributed by atoms with van der Waals surface area (Å²) in [5, 5.41) is -0.0883. The third-order valence-electron chi connectivity index (χ3n) is 4.91. The summed E-state index contributed by atoms with van der Waals surface area (Å²) in [5.74, 6) is 0.375. The highest BCUT2D eigenvalue weighted by Crippen LogP contribution is 2.38. The number of unbranched alkanes of at least 4 members (excludes halogenated alkanes) is 1. The minimum atomic E-state index is -0.278. The molecule has 2 aromatic carbocycles. The van der Waals surface area contributed by atoms with E-state index in [9.17, 15) is 13.6 Å². The van der Waals surface area contributed by atoms with Crippen LogP contribution in [0.5, 0.6) is 0 Å². The number of amides is 1. The first-order chi connectivity index (χ1) is 13.6. The molecule has 0 aromatic heterocycles. The van der Waals surface area contributed by atoms with Crippen molar-refractivity contribution in [1.29, 1.82) is 0 Å². The number of carbonyl (C=O) groups is 1. The van der Waals surface area contributed by atoms with Crippen molar-refractivity contribution < 1.29 is 13.6 Å². The van der Waals surface area contributed by atoms with Gasteiger partial charge in [-0.15, -0.1) is 11.8 Å². The van der Waals surface area contributed by atoms with Gasteiger partial charge in [-0.05, 0) is 36.7 Å². The first kappa shape index (κ1) is 20.8. The van der Waals surface area contributed by atoms with E-state index in [0.717, 1.165) is 30.7 Å². The Balaban J connectivity index is 1.69. The number of hydrogen-bond acceptors (Lipinski definition) is 3. The topological polar surface area (TPSA) is 23.6 Å². The number of halogens is 2. The Morgan fingerprint density at radius 2 is 1.93 bits per heavy atom. The number of rotatable bonds is 8. The fourth-order valence-electron chi connectivity index (χ4n) is 3.37. The molecule has 3 nitrogen and oxygen atoms in total. The molecule has 3 rings (SSSR count). The van der Waals surface area contributed by atoms with Gasteiger partial charge < -0.3 is 4.90 Å². The van der Waals surface area contributed by atoms with E-state index in [4.69, 9.17) is 0 Å². The number of carbonyl (C=O) groups excluding carboxylic acids is 1. The zero-order chi connectivity index (χ0) is 19.9. The van der Waals surface area contributed by atoms with E-state index in [2.05, 4.69) is 6.92 Å². The molecule has 0 saturated carbocycles. The summed E-state index contributed by atoms with van der Waals surface area (Å²) >= 11 is 1.69. The Morgan fingerprint density at radius 3 is 2.64 bits per heavy atom. The maximum absolute atomic E-state index is 14.1. The average molecular weight is 405 g/mol. The monoisotopic (exact) mass is 404 g/mol. The standard InChI is InChI=1S/C22H26F2N2OS/c1-2-3-12-25(15-18-6-4-5-7-20(18)24)16-21(27)26-13-14-28-22(26)17-8-10-19(23)11-9-17/h4-11,22H,2-3,12-16H2,1H3/t22-/m1/s1. The quantitative estimate of drug-likeness (QED) is 0.629. The highest BCUT2D eigenvalue weighted by atomic mass is 32.2. The van der Waals surface area contributed by atoms with Gasteiger partial charge in [-0.1, -0.05) is 43.7 Å². The first-order valence-corrected chi connectivity index (χ1v) is 10.8. The van der Waals surface area contributed by atoms with Gasteiger partial charge in [0, 0.05) is 24.4 Å². The molecule has 0 N–H and O–H groups in total. The SMILES string of the molecule is CCCCN(CC(=O)N1CCS[C@@H]1c1ccc(F)cc1)Cc1ccccc1F. The van der Waals surface area contributed by atoms with Crippen molar-refractivity contribution in [1.82, 2.24) is 9.80 Å². The molecular weight excluding hydrogens is 378 g/mol. The third kappa shape index (κ3) is 5.32. The summed E-state index contributed by atoms with van der Waals surface area (Å²) < 4.78 is 27.3.